The molecule has 3 aromatic rings. The van der Waals surface area contributed by atoms with Gasteiger partial charge in [-0.15, -0.1) is 0 Å². The number of hydrogen-bond donors (Lipinski definition) is 2. The van der Waals surface area contributed by atoms with Gasteiger partial charge in [-0.2, -0.15) is 5.26 Å². The molecule has 2 N–H and O–H groups in total. The molecule has 1 aliphatic rings. The summed E-state index contributed by atoms with van der Waals surface area (Å²) in [6.07, 6.45) is 6.29. The van der Waals surface area contributed by atoms with Crippen molar-refractivity contribution in [2.75, 3.05) is 0 Å². The molecule has 0 aliphatic heterocycles. The number of amides is 1. The highest BCUT2D eigenvalue weighted by atomic mass is 16.2. The van der Waals surface area contributed by atoms with Crippen molar-refractivity contribution in [1.29, 1.82) is 5.26 Å². The number of pyridine rings is 1. The Balaban J connectivity index is 1.60. The van der Waals surface area contributed by atoms with Crippen LogP contribution < -0.4 is 10.9 Å². The number of aryl methyl sites for hydroxylation is 1. The molecule has 0 atom stereocenters. The fourth-order valence-electron chi connectivity index (χ4n) is 3.24. The molecule has 0 unspecified atom stereocenters. The Labute approximate surface area is 161 Å². The van der Waals surface area contributed by atoms with Gasteiger partial charge in [0.2, 0.25) is 0 Å². The summed E-state index contributed by atoms with van der Waals surface area (Å²) in [4.78, 5) is 29.3. The Hall–Kier alpha value is -3.66. The molecule has 4 rings (SSSR count). The molecule has 0 bridgehead atoms. The van der Waals surface area contributed by atoms with Crippen LogP contribution in [0.3, 0.4) is 0 Å². The van der Waals surface area contributed by atoms with E-state index < -0.39 is 0 Å². The van der Waals surface area contributed by atoms with Gasteiger partial charge in [-0.05, 0) is 61.6 Å². The summed E-state index contributed by atoms with van der Waals surface area (Å²) < 4.78 is 1.33. The van der Waals surface area contributed by atoms with Gasteiger partial charge < -0.3 is 5.32 Å². The van der Waals surface area contributed by atoms with E-state index in [0.29, 0.717) is 22.5 Å². The molecule has 2 heterocycles. The molecular weight excluding hydrogens is 354 g/mol. The number of nitriles is 1. The van der Waals surface area contributed by atoms with Gasteiger partial charge in [0.25, 0.3) is 11.5 Å². The van der Waals surface area contributed by atoms with Gasteiger partial charge in [0.05, 0.1) is 22.8 Å². The van der Waals surface area contributed by atoms with Gasteiger partial charge in [-0.3, -0.25) is 14.7 Å². The lowest BCUT2D eigenvalue weighted by Gasteiger charge is -2.26. The van der Waals surface area contributed by atoms with Crippen LogP contribution in [0.1, 0.15) is 40.7 Å². The topological polar surface area (TPSA) is 104 Å². The second-order valence-corrected chi connectivity index (χ2v) is 6.98. The maximum absolute atomic E-state index is 12.8. The number of benzene rings is 1. The van der Waals surface area contributed by atoms with Crippen LogP contribution >= 0.6 is 0 Å². The predicted molar refractivity (Wildman–Crippen MR) is 104 cm³/mol. The van der Waals surface area contributed by atoms with Gasteiger partial charge in [0.1, 0.15) is 0 Å². The number of aromatic nitrogens is 3. The summed E-state index contributed by atoms with van der Waals surface area (Å²) in [5.41, 5.74) is 2.88. The van der Waals surface area contributed by atoms with Gasteiger partial charge in [0.15, 0.2) is 5.82 Å². The van der Waals surface area contributed by atoms with Gasteiger partial charge >= 0.3 is 0 Å². The number of aromatic amines is 1. The Kier molecular flexibility index (Phi) is 4.53. The number of H-pyrrole nitrogens is 1. The van der Waals surface area contributed by atoms with Crippen LogP contribution in [-0.4, -0.2) is 26.7 Å². The molecule has 0 spiro atoms. The predicted octanol–water partition coefficient (Wildman–Crippen LogP) is 2.69. The molecule has 28 heavy (non-hydrogen) atoms. The van der Waals surface area contributed by atoms with Crippen molar-refractivity contribution in [3.05, 3.63) is 69.8 Å². The summed E-state index contributed by atoms with van der Waals surface area (Å²) >= 11 is 0. The number of nitrogens with zero attached hydrogens (tertiary/aromatic N) is 3. The van der Waals surface area contributed by atoms with Crippen LogP contribution in [0.4, 0.5) is 0 Å². The Bertz CT molecular complexity index is 1130. The van der Waals surface area contributed by atoms with Crippen LogP contribution in [0.25, 0.3) is 16.9 Å². The molecule has 0 saturated heterocycles. The van der Waals surface area contributed by atoms with Crippen molar-refractivity contribution in [1.82, 2.24) is 20.1 Å². The zero-order valence-electron chi connectivity index (χ0n) is 15.4. The first kappa shape index (κ1) is 17.7. The number of hydrogen-bond acceptors (Lipinski definition) is 4. The Morgan fingerprint density at radius 3 is 2.71 bits per heavy atom. The van der Waals surface area contributed by atoms with Crippen molar-refractivity contribution in [2.45, 2.75) is 32.2 Å². The molecule has 1 fully saturated rings. The molecule has 0 radical (unpaired) electrons. The second-order valence-electron chi connectivity index (χ2n) is 6.98. The molecule has 140 valence electrons. The van der Waals surface area contributed by atoms with Gasteiger partial charge in [0, 0.05) is 18.4 Å². The van der Waals surface area contributed by atoms with Crippen LogP contribution in [0.15, 0.2) is 47.5 Å². The molecule has 7 heteroatoms. The summed E-state index contributed by atoms with van der Waals surface area (Å²) in [5.74, 6) is 0.263. The summed E-state index contributed by atoms with van der Waals surface area (Å²) in [7, 11) is 0. The van der Waals surface area contributed by atoms with Crippen LogP contribution in [-0.2, 0) is 0 Å². The largest absolute Gasteiger partial charge is 0.349 e. The first-order valence-electron chi connectivity index (χ1n) is 9.15. The van der Waals surface area contributed by atoms with E-state index in [1.54, 1.807) is 36.5 Å². The third kappa shape index (κ3) is 3.21. The van der Waals surface area contributed by atoms with E-state index in [0.717, 1.165) is 30.4 Å². The SMILES string of the molecule is Cc1cc(C#N)ccc1-c1c[nH]n(-c2ccc(C(=O)NC3CCC3)cn2)c1=O. The minimum atomic E-state index is -0.244. The molecule has 1 saturated carbocycles. The molecule has 2 aromatic heterocycles. The number of rotatable bonds is 4. The summed E-state index contributed by atoms with van der Waals surface area (Å²) in [6.45, 7) is 1.86. The fraction of sp³-hybridized carbons (Fsp3) is 0.238. The van der Waals surface area contributed by atoms with E-state index >= 15 is 0 Å². The van der Waals surface area contributed by atoms with E-state index in [2.05, 4.69) is 21.5 Å². The average molecular weight is 373 g/mol. The van der Waals surface area contributed by atoms with E-state index in [-0.39, 0.29) is 17.5 Å². The zero-order valence-corrected chi connectivity index (χ0v) is 15.4. The molecular formula is C21H19N5O2. The van der Waals surface area contributed by atoms with E-state index in [4.69, 9.17) is 5.26 Å². The Morgan fingerprint density at radius 1 is 1.29 bits per heavy atom. The lowest BCUT2D eigenvalue weighted by atomic mass is 9.93. The average Bonchev–Trinajstić information content (AvgIpc) is 3.05. The van der Waals surface area contributed by atoms with E-state index in [1.165, 1.54) is 10.9 Å². The standard InChI is InChI=1S/C21H19N5O2/c1-13-9-14(10-22)5-7-17(13)18-12-24-26(21(18)28)19-8-6-15(11-23-19)20(27)25-16-3-2-4-16/h5-9,11-12,16,24H,2-4H2,1H3,(H,25,27). The van der Waals surface area contributed by atoms with Crippen LogP contribution in [0.2, 0.25) is 0 Å². The monoisotopic (exact) mass is 373 g/mol. The maximum Gasteiger partial charge on any atom is 0.280 e. The smallest absolute Gasteiger partial charge is 0.280 e. The molecule has 1 amide bonds. The van der Waals surface area contributed by atoms with Crippen molar-refractivity contribution in [2.24, 2.45) is 0 Å². The first-order valence-corrected chi connectivity index (χ1v) is 9.15. The van der Waals surface area contributed by atoms with Crippen LogP contribution in [0, 0.1) is 18.3 Å². The highest BCUT2D eigenvalue weighted by molar-refractivity contribution is 5.94. The third-order valence-electron chi connectivity index (χ3n) is 5.10. The minimum absolute atomic E-state index is 0.142. The lowest BCUT2D eigenvalue weighted by molar-refractivity contribution is 0.0916. The quantitative estimate of drug-likeness (QED) is 0.734. The highest BCUT2D eigenvalue weighted by Gasteiger charge is 2.20. The fourth-order valence-corrected chi connectivity index (χ4v) is 3.24. The molecule has 7 nitrogen and oxygen atoms in total. The summed E-state index contributed by atoms with van der Waals surface area (Å²) in [6, 6.07) is 10.9. The number of nitrogens with one attached hydrogen (secondary N) is 2. The lowest BCUT2D eigenvalue weighted by Crippen LogP contribution is -2.39. The highest BCUT2D eigenvalue weighted by Crippen LogP contribution is 2.22. The minimum Gasteiger partial charge on any atom is -0.349 e. The van der Waals surface area contributed by atoms with Crippen molar-refractivity contribution < 1.29 is 4.79 Å². The van der Waals surface area contributed by atoms with E-state index in [9.17, 15) is 9.59 Å². The number of carbonyl (C=O) groups excluding carboxylic acids is 1. The number of carbonyl (C=O) groups is 1. The van der Waals surface area contributed by atoms with Crippen molar-refractivity contribution in [3.8, 4) is 23.0 Å². The Morgan fingerprint density at radius 2 is 2.11 bits per heavy atom. The maximum atomic E-state index is 12.8. The third-order valence-corrected chi connectivity index (χ3v) is 5.10. The van der Waals surface area contributed by atoms with Gasteiger partial charge in [-0.25, -0.2) is 9.67 Å². The normalized spacial score (nSPS) is 13.6. The van der Waals surface area contributed by atoms with Gasteiger partial charge in [-0.1, -0.05) is 6.07 Å². The van der Waals surface area contributed by atoms with Crippen molar-refractivity contribution >= 4 is 5.91 Å². The molecule has 1 aromatic carbocycles. The van der Waals surface area contributed by atoms with Crippen molar-refractivity contribution in [3.63, 3.8) is 0 Å². The second kappa shape index (κ2) is 7.16. The van der Waals surface area contributed by atoms with Crippen LogP contribution in [0.5, 0.6) is 0 Å². The zero-order chi connectivity index (χ0) is 19.7. The van der Waals surface area contributed by atoms with E-state index in [1.807, 2.05) is 6.92 Å². The first-order chi connectivity index (χ1) is 13.6. The molecule has 1 aliphatic carbocycles. The summed E-state index contributed by atoms with van der Waals surface area (Å²) in [5, 5.41) is 14.9.